The lowest BCUT2D eigenvalue weighted by Gasteiger charge is -2.05. The molecule has 1 radical (unpaired) electrons. The van der Waals surface area contributed by atoms with Crippen molar-refractivity contribution < 1.29 is 8.78 Å². The first kappa shape index (κ1) is 10.1. The van der Waals surface area contributed by atoms with Gasteiger partial charge in [-0.3, -0.25) is 0 Å². The quantitative estimate of drug-likeness (QED) is 0.683. The van der Waals surface area contributed by atoms with Gasteiger partial charge in [0.05, 0.1) is 5.02 Å². The summed E-state index contributed by atoms with van der Waals surface area (Å²) in [6.45, 7) is 0. The lowest BCUT2D eigenvalue weighted by molar-refractivity contribution is 0.511. The summed E-state index contributed by atoms with van der Waals surface area (Å²) < 4.78 is 26.4. The molecule has 0 heterocycles. The monoisotopic (exact) mass is 223 g/mol. The molecule has 3 heteroatoms. The summed E-state index contributed by atoms with van der Waals surface area (Å²) in [5, 5.41) is 0.280. The molecule has 2 aromatic carbocycles. The van der Waals surface area contributed by atoms with Crippen molar-refractivity contribution in [1.82, 2.24) is 0 Å². The van der Waals surface area contributed by atoms with Crippen LogP contribution in [0, 0.1) is 17.7 Å². The molecular weight excluding hydrogens is 218 g/mol. The number of hydrogen-bond donors (Lipinski definition) is 0. The zero-order valence-electron chi connectivity index (χ0n) is 7.60. The maximum atomic E-state index is 13.4. The summed E-state index contributed by atoms with van der Waals surface area (Å²) >= 11 is 5.84. The van der Waals surface area contributed by atoms with Crippen LogP contribution in [0.3, 0.4) is 0 Å². The second-order valence-electron chi connectivity index (χ2n) is 3.00. The third-order valence-corrected chi connectivity index (χ3v) is 2.36. The topological polar surface area (TPSA) is 0 Å². The zero-order valence-corrected chi connectivity index (χ0v) is 8.35. The number of rotatable bonds is 1. The SMILES string of the molecule is Fc1cccc(-c2ccc[c]c2Cl)c1F. The summed E-state index contributed by atoms with van der Waals surface area (Å²) in [7, 11) is 0. The number of hydrogen-bond acceptors (Lipinski definition) is 0. The molecular formula is C12H6ClF2. The van der Waals surface area contributed by atoms with Crippen LogP contribution in [0.1, 0.15) is 0 Å². The molecule has 0 saturated heterocycles. The van der Waals surface area contributed by atoms with Gasteiger partial charge in [0.15, 0.2) is 11.6 Å². The Morgan fingerprint density at radius 3 is 2.47 bits per heavy atom. The summed E-state index contributed by atoms with van der Waals surface area (Å²) in [6, 6.07) is 11.6. The Kier molecular flexibility index (Phi) is 2.69. The smallest absolute Gasteiger partial charge is 0.166 e. The fourth-order valence-electron chi connectivity index (χ4n) is 1.34. The molecule has 0 atom stereocenters. The van der Waals surface area contributed by atoms with E-state index >= 15 is 0 Å². The Labute approximate surface area is 91.1 Å². The molecule has 0 amide bonds. The van der Waals surface area contributed by atoms with Gasteiger partial charge in [0, 0.05) is 17.2 Å². The van der Waals surface area contributed by atoms with Crippen molar-refractivity contribution in [2.75, 3.05) is 0 Å². The number of benzene rings is 2. The average Bonchev–Trinajstić information content (AvgIpc) is 2.23. The molecule has 0 N–H and O–H groups in total. The minimum absolute atomic E-state index is 0.150. The van der Waals surface area contributed by atoms with E-state index in [-0.39, 0.29) is 10.6 Å². The van der Waals surface area contributed by atoms with Gasteiger partial charge in [-0.05, 0) is 6.07 Å². The Bertz CT molecular complexity index is 495. The maximum Gasteiger partial charge on any atom is 0.166 e. The minimum Gasteiger partial charge on any atom is -0.204 e. The van der Waals surface area contributed by atoms with E-state index in [4.69, 9.17) is 11.6 Å². The maximum absolute atomic E-state index is 13.4. The average molecular weight is 224 g/mol. The van der Waals surface area contributed by atoms with Crippen LogP contribution in [0.5, 0.6) is 0 Å². The predicted octanol–water partition coefficient (Wildman–Crippen LogP) is 4.09. The van der Waals surface area contributed by atoms with Crippen LogP contribution in [-0.2, 0) is 0 Å². The standard InChI is InChI=1S/C12H6ClF2/c13-10-6-2-1-4-8(10)9-5-3-7-11(14)12(9)15/h1-5,7H. The molecule has 0 aliphatic heterocycles. The fraction of sp³-hybridized carbons (Fsp3) is 0. The normalized spacial score (nSPS) is 10.3. The minimum atomic E-state index is -0.890. The van der Waals surface area contributed by atoms with Crippen molar-refractivity contribution in [1.29, 1.82) is 0 Å². The third-order valence-electron chi connectivity index (χ3n) is 2.05. The van der Waals surface area contributed by atoms with E-state index in [1.165, 1.54) is 12.1 Å². The van der Waals surface area contributed by atoms with Crippen LogP contribution in [0.25, 0.3) is 11.1 Å². The molecule has 0 aliphatic carbocycles. The molecule has 15 heavy (non-hydrogen) atoms. The van der Waals surface area contributed by atoms with Crippen molar-refractivity contribution >= 4 is 11.6 Å². The summed E-state index contributed by atoms with van der Waals surface area (Å²) in [5.74, 6) is -1.77. The van der Waals surface area contributed by atoms with Crippen LogP contribution in [0.2, 0.25) is 5.02 Å². The predicted molar refractivity (Wildman–Crippen MR) is 55.6 cm³/mol. The van der Waals surface area contributed by atoms with Gasteiger partial charge >= 0.3 is 0 Å². The first-order valence-electron chi connectivity index (χ1n) is 4.30. The van der Waals surface area contributed by atoms with Gasteiger partial charge in [0.2, 0.25) is 0 Å². The largest absolute Gasteiger partial charge is 0.204 e. The van der Waals surface area contributed by atoms with Gasteiger partial charge in [-0.2, -0.15) is 0 Å². The van der Waals surface area contributed by atoms with Crippen molar-refractivity contribution in [2.24, 2.45) is 0 Å². The summed E-state index contributed by atoms with van der Waals surface area (Å²) in [6.07, 6.45) is 0. The van der Waals surface area contributed by atoms with Crippen LogP contribution in [0.4, 0.5) is 8.78 Å². The molecule has 0 nitrogen and oxygen atoms in total. The number of halogens is 3. The molecule has 0 bridgehead atoms. The van der Waals surface area contributed by atoms with Crippen LogP contribution >= 0.6 is 11.6 Å². The van der Waals surface area contributed by atoms with E-state index in [1.54, 1.807) is 18.2 Å². The molecule has 0 unspecified atom stereocenters. The first-order chi connectivity index (χ1) is 7.20. The molecule has 0 aliphatic rings. The van der Waals surface area contributed by atoms with E-state index in [0.717, 1.165) is 6.07 Å². The summed E-state index contributed by atoms with van der Waals surface area (Å²) in [5.41, 5.74) is 0.591. The second kappa shape index (κ2) is 3.99. The second-order valence-corrected chi connectivity index (χ2v) is 3.38. The van der Waals surface area contributed by atoms with E-state index in [2.05, 4.69) is 6.07 Å². The highest BCUT2D eigenvalue weighted by Gasteiger charge is 2.11. The fourth-order valence-corrected chi connectivity index (χ4v) is 1.56. The van der Waals surface area contributed by atoms with Crippen molar-refractivity contribution in [3.63, 3.8) is 0 Å². The molecule has 0 fully saturated rings. The molecule has 0 aromatic heterocycles. The van der Waals surface area contributed by atoms with Crippen LogP contribution in [0.15, 0.2) is 36.4 Å². The highest BCUT2D eigenvalue weighted by molar-refractivity contribution is 6.33. The van der Waals surface area contributed by atoms with E-state index in [1.807, 2.05) is 0 Å². The van der Waals surface area contributed by atoms with E-state index < -0.39 is 11.6 Å². The highest BCUT2D eigenvalue weighted by atomic mass is 35.5. The van der Waals surface area contributed by atoms with Crippen molar-refractivity contribution in [2.45, 2.75) is 0 Å². The Morgan fingerprint density at radius 2 is 1.73 bits per heavy atom. The van der Waals surface area contributed by atoms with Gasteiger partial charge < -0.3 is 0 Å². The lowest BCUT2D eigenvalue weighted by Crippen LogP contribution is -1.89. The first-order valence-corrected chi connectivity index (χ1v) is 4.68. The molecule has 0 saturated carbocycles. The van der Waals surface area contributed by atoms with E-state index in [9.17, 15) is 8.78 Å². The Balaban J connectivity index is 2.65. The Morgan fingerprint density at radius 1 is 1.00 bits per heavy atom. The van der Waals surface area contributed by atoms with Crippen molar-refractivity contribution in [3.8, 4) is 11.1 Å². The van der Waals surface area contributed by atoms with Gasteiger partial charge in [-0.25, -0.2) is 8.78 Å². The van der Waals surface area contributed by atoms with Gasteiger partial charge in [-0.15, -0.1) is 0 Å². The molecule has 0 spiro atoms. The summed E-state index contributed by atoms with van der Waals surface area (Å²) in [4.78, 5) is 0. The molecule has 75 valence electrons. The Hall–Kier alpha value is -1.41. The molecule has 2 rings (SSSR count). The van der Waals surface area contributed by atoms with Crippen LogP contribution < -0.4 is 0 Å². The van der Waals surface area contributed by atoms with Crippen molar-refractivity contribution in [3.05, 3.63) is 59.1 Å². The zero-order chi connectivity index (χ0) is 10.8. The highest BCUT2D eigenvalue weighted by Crippen LogP contribution is 2.29. The third kappa shape index (κ3) is 1.85. The van der Waals surface area contributed by atoms with E-state index in [0.29, 0.717) is 5.56 Å². The van der Waals surface area contributed by atoms with Gasteiger partial charge in [0.1, 0.15) is 0 Å². The van der Waals surface area contributed by atoms with Gasteiger partial charge in [-0.1, -0.05) is 41.9 Å². The molecule has 2 aromatic rings. The van der Waals surface area contributed by atoms with Crippen LogP contribution in [-0.4, -0.2) is 0 Å². The van der Waals surface area contributed by atoms with Gasteiger partial charge in [0.25, 0.3) is 0 Å². The lowest BCUT2D eigenvalue weighted by atomic mass is 10.1.